The van der Waals surface area contributed by atoms with Crippen LogP contribution in [0.15, 0.2) is 59.1 Å². The van der Waals surface area contributed by atoms with Gasteiger partial charge >= 0.3 is 0 Å². The van der Waals surface area contributed by atoms with E-state index in [0.717, 1.165) is 18.7 Å². The number of methoxy groups -OCH3 is 2. The van der Waals surface area contributed by atoms with Crippen molar-refractivity contribution in [2.45, 2.75) is 0 Å². The van der Waals surface area contributed by atoms with Gasteiger partial charge in [-0.1, -0.05) is 23.4 Å². The van der Waals surface area contributed by atoms with Crippen molar-refractivity contribution in [1.29, 1.82) is 0 Å². The highest BCUT2D eigenvalue weighted by molar-refractivity contribution is 5.92. The van der Waals surface area contributed by atoms with Gasteiger partial charge in [-0.05, 0) is 30.3 Å². The Kier molecular flexibility index (Phi) is 5.37. The summed E-state index contributed by atoms with van der Waals surface area (Å²) < 4.78 is 15.9. The fourth-order valence-electron chi connectivity index (χ4n) is 3.47. The molecule has 0 unspecified atom stereocenters. The number of piperazine rings is 1. The molecule has 1 aromatic heterocycles. The van der Waals surface area contributed by atoms with Crippen molar-refractivity contribution in [2.75, 3.05) is 45.3 Å². The lowest BCUT2D eigenvalue weighted by Crippen LogP contribution is -2.48. The highest BCUT2D eigenvalue weighted by atomic mass is 16.5. The monoisotopic (exact) mass is 393 g/mol. The Bertz CT molecular complexity index is 979. The number of aromatic nitrogens is 1. The van der Waals surface area contributed by atoms with Crippen LogP contribution in [0.5, 0.6) is 11.5 Å². The fraction of sp³-hybridized carbons (Fsp3) is 0.273. The van der Waals surface area contributed by atoms with Gasteiger partial charge in [-0.3, -0.25) is 4.79 Å². The van der Waals surface area contributed by atoms with Gasteiger partial charge in [0.1, 0.15) is 5.69 Å². The molecule has 0 atom stereocenters. The maximum atomic E-state index is 12.8. The second-order valence-corrected chi connectivity index (χ2v) is 6.76. The Morgan fingerprint density at radius 1 is 0.931 bits per heavy atom. The minimum atomic E-state index is -0.142. The van der Waals surface area contributed by atoms with Crippen LogP contribution in [0.1, 0.15) is 10.6 Å². The van der Waals surface area contributed by atoms with E-state index in [4.69, 9.17) is 14.0 Å². The number of benzene rings is 2. The van der Waals surface area contributed by atoms with E-state index in [-0.39, 0.29) is 11.7 Å². The standard InChI is InChI=1S/C22H23N3O4/c1-27-19-9-8-16(14-20(19)28-2)18-15-21(29-23-18)22(26)25-12-10-24(11-13-25)17-6-4-3-5-7-17/h3-9,14-15H,10-13H2,1-2H3. The van der Waals surface area contributed by atoms with Crippen molar-refractivity contribution >= 4 is 11.6 Å². The molecule has 3 aromatic rings. The molecule has 0 bridgehead atoms. The third kappa shape index (κ3) is 3.89. The van der Waals surface area contributed by atoms with Crippen molar-refractivity contribution in [3.05, 3.63) is 60.4 Å². The van der Waals surface area contributed by atoms with E-state index in [1.54, 1.807) is 31.3 Å². The first-order valence-electron chi connectivity index (χ1n) is 9.48. The topological polar surface area (TPSA) is 68.0 Å². The molecule has 7 nitrogen and oxygen atoms in total. The third-order valence-corrected chi connectivity index (χ3v) is 5.09. The van der Waals surface area contributed by atoms with E-state index in [1.165, 1.54) is 5.69 Å². The lowest BCUT2D eigenvalue weighted by molar-refractivity contribution is 0.0705. The zero-order chi connectivity index (χ0) is 20.2. The number of carbonyl (C=O) groups is 1. The summed E-state index contributed by atoms with van der Waals surface area (Å²) in [5.74, 6) is 1.32. The summed E-state index contributed by atoms with van der Waals surface area (Å²) in [6.07, 6.45) is 0. The summed E-state index contributed by atoms with van der Waals surface area (Å²) in [4.78, 5) is 16.9. The van der Waals surface area contributed by atoms with Crippen molar-refractivity contribution < 1.29 is 18.8 Å². The molecule has 1 fully saturated rings. The van der Waals surface area contributed by atoms with Crippen LogP contribution >= 0.6 is 0 Å². The molecule has 1 aliphatic heterocycles. The van der Waals surface area contributed by atoms with Gasteiger partial charge in [-0.2, -0.15) is 0 Å². The summed E-state index contributed by atoms with van der Waals surface area (Å²) in [6.45, 7) is 2.85. The van der Waals surface area contributed by atoms with E-state index in [9.17, 15) is 4.79 Å². The fourth-order valence-corrected chi connectivity index (χ4v) is 3.47. The smallest absolute Gasteiger partial charge is 0.292 e. The largest absolute Gasteiger partial charge is 0.493 e. The van der Waals surface area contributed by atoms with Gasteiger partial charge in [-0.25, -0.2) is 0 Å². The zero-order valence-electron chi connectivity index (χ0n) is 16.5. The molecule has 0 spiro atoms. The van der Waals surface area contributed by atoms with Crippen molar-refractivity contribution in [2.24, 2.45) is 0 Å². The number of ether oxygens (including phenoxy) is 2. The number of rotatable bonds is 5. The summed E-state index contributed by atoms with van der Waals surface area (Å²) in [7, 11) is 3.16. The number of anilines is 1. The van der Waals surface area contributed by atoms with Gasteiger partial charge in [0, 0.05) is 43.5 Å². The predicted molar refractivity (Wildman–Crippen MR) is 110 cm³/mol. The van der Waals surface area contributed by atoms with E-state index in [2.05, 4.69) is 22.2 Å². The molecule has 4 rings (SSSR count). The average molecular weight is 393 g/mol. The molecule has 1 amide bonds. The molecule has 0 radical (unpaired) electrons. The van der Waals surface area contributed by atoms with Gasteiger partial charge in [0.2, 0.25) is 5.76 Å². The van der Waals surface area contributed by atoms with Gasteiger partial charge in [0.15, 0.2) is 11.5 Å². The normalized spacial score (nSPS) is 14.0. The first-order valence-corrected chi connectivity index (χ1v) is 9.48. The zero-order valence-corrected chi connectivity index (χ0v) is 16.5. The van der Waals surface area contributed by atoms with Crippen molar-refractivity contribution in [1.82, 2.24) is 10.1 Å². The summed E-state index contributed by atoms with van der Waals surface area (Å²) in [5.41, 5.74) is 2.55. The first-order chi connectivity index (χ1) is 14.2. The minimum Gasteiger partial charge on any atom is -0.493 e. The van der Waals surface area contributed by atoms with E-state index in [1.807, 2.05) is 30.3 Å². The van der Waals surface area contributed by atoms with Crippen molar-refractivity contribution in [3.8, 4) is 22.8 Å². The van der Waals surface area contributed by atoms with Crippen LogP contribution in [-0.4, -0.2) is 56.4 Å². The van der Waals surface area contributed by atoms with Gasteiger partial charge in [-0.15, -0.1) is 0 Å². The van der Waals surface area contributed by atoms with Gasteiger partial charge in [0.25, 0.3) is 5.91 Å². The maximum absolute atomic E-state index is 12.8. The van der Waals surface area contributed by atoms with E-state index in [0.29, 0.717) is 30.3 Å². The van der Waals surface area contributed by atoms with Crippen LogP contribution in [0.25, 0.3) is 11.3 Å². The Morgan fingerprint density at radius 2 is 1.66 bits per heavy atom. The quantitative estimate of drug-likeness (QED) is 0.662. The lowest BCUT2D eigenvalue weighted by Gasteiger charge is -2.35. The Labute approximate surface area is 169 Å². The Balaban J connectivity index is 1.44. The molecule has 150 valence electrons. The second-order valence-electron chi connectivity index (χ2n) is 6.76. The number of hydrogen-bond acceptors (Lipinski definition) is 6. The van der Waals surface area contributed by atoms with Crippen LogP contribution in [-0.2, 0) is 0 Å². The molecule has 1 aliphatic rings. The number of amides is 1. The Morgan fingerprint density at radius 3 is 2.34 bits per heavy atom. The molecule has 2 aromatic carbocycles. The second kappa shape index (κ2) is 8.26. The molecular weight excluding hydrogens is 370 g/mol. The lowest BCUT2D eigenvalue weighted by atomic mass is 10.1. The van der Waals surface area contributed by atoms with Crippen LogP contribution in [0.2, 0.25) is 0 Å². The molecule has 0 aliphatic carbocycles. The molecular formula is C22H23N3O4. The third-order valence-electron chi connectivity index (χ3n) is 5.09. The SMILES string of the molecule is COc1ccc(-c2cc(C(=O)N3CCN(c4ccccc4)CC3)on2)cc1OC. The number of nitrogens with zero attached hydrogens (tertiary/aromatic N) is 3. The van der Waals surface area contributed by atoms with Crippen LogP contribution < -0.4 is 14.4 Å². The molecule has 1 saturated heterocycles. The van der Waals surface area contributed by atoms with Crippen LogP contribution in [0, 0.1) is 0 Å². The van der Waals surface area contributed by atoms with E-state index < -0.39 is 0 Å². The predicted octanol–water partition coefficient (Wildman–Crippen LogP) is 3.32. The first kappa shape index (κ1) is 18.9. The molecule has 7 heteroatoms. The number of carbonyl (C=O) groups excluding carboxylic acids is 1. The molecule has 0 N–H and O–H groups in total. The molecule has 0 saturated carbocycles. The van der Waals surface area contributed by atoms with Crippen LogP contribution in [0.3, 0.4) is 0 Å². The van der Waals surface area contributed by atoms with Crippen molar-refractivity contribution in [3.63, 3.8) is 0 Å². The number of hydrogen-bond donors (Lipinski definition) is 0. The maximum Gasteiger partial charge on any atom is 0.292 e. The van der Waals surface area contributed by atoms with Gasteiger partial charge in [0.05, 0.1) is 14.2 Å². The highest BCUT2D eigenvalue weighted by Gasteiger charge is 2.25. The molecule has 2 heterocycles. The summed E-state index contributed by atoms with van der Waals surface area (Å²) in [6, 6.07) is 17.4. The van der Waals surface area contributed by atoms with E-state index >= 15 is 0 Å². The van der Waals surface area contributed by atoms with Crippen LogP contribution in [0.4, 0.5) is 5.69 Å². The summed E-state index contributed by atoms with van der Waals surface area (Å²) in [5, 5.41) is 4.07. The Hall–Kier alpha value is -3.48. The molecule has 29 heavy (non-hydrogen) atoms. The minimum absolute atomic E-state index is 0.142. The average Bonchev–Trinajstić information content (AvgIpc) is 3.29. The highest BCUT2D eigenvalue weighted by Crippen LogP contribution is 2.32. The van der Waals surface area contributed by atoms with Gasteiger partial charge < -0.3 is 23.8 Å². The number of para-hydroxylation sites is 1. The summed E-state index contributed by atoms with van der Waals surface area (Å²) >= 11 is 0.